The normalized spacial score (nSPS) is 26.5. The average Bonchev–Trinajstić information content (AvgIpc) is 3.31. The topological polar surface area (TPSA) is 41.6 Å². The van der Waals surface area contributed by atoms with Crippen LogP contribution < -0.4 is 5.32 Å². The number of nitrogens with one attached hydrogen (secondary N) is 1. The second-order valence-electron chi connectivity index (χ2n) is 7.69. The third kappa shape index (κ3) is 4.47. The number of nitrogens with zero attached hydrogens (tertiary/aromatic N) is 1. The van der Waals surface area contributed by atoms with E-state index in [0.29, 0.717) is 6.10 Å². The van der Waals surface area contributed by atoms with Crippen LogP contribution in [0.4, 0.5) is 0 Å². The first-order valence-corrected chi connectivity index (χ1v) is 11.1. The molecule has 0 spiro atoms. The molecule has 1 saturated heterocycles. The molecule has 1 unspecified atom stereocenters. The Hall–Kier alpha value is -0.260. The van der Waals surface area contributed by atoms with Gasteiger partial charge in [0.05, 0.1) is 6.10 Å². The number of carbonyl (C=O) groups is 1. The van der Waals surface area contributed by atoms with Gasteiger partial charge in [-0.15, -0.1) is 0 Å². The van der Waals surface area contributed by atoms with Crippen molar-refractivity contribution in [2.75, 3.05) is 31.1 Å². The molecule has 138 valence electrons. The molecule has 1 heterocycles. The molecule has 3 rings (SSSR count). The summed E-state index contributed by atoms with van der Waals surface area (Å²) in [5.41, 5.74) is 0.211. The first-order chi connectivity index (χ1) is 11.7. The van der Waals surface area contributed by atoms with Crippen LogP contribution in [0.3, 0.4) is 0 Å². The minimum atomic E-state index is -0.261. The fraction of sp³-hybridized carbons (Fsp3) is 0.947. The van der Waals surface area contributed by atoms with Crippen molar-refractivity contribution in [3.63, 3.8) is 0 Å². The lowest BCUT2D eigenvalue weighted by Gasteiger charge is -2.43. The molecule has 3 fully saturated rings. The summed E-state index contributed by atoms with van der Waals surface area (Å²) in [5.74, 6) is 2.58. The van der Waals surface area contributed by atoms with Crippen LogP contribution in [0, 0.1) is 0 Å². The fourth-order valence-electron chi connectivity index (χ4n) is 4.64. The third-order valence-corrected chi connectivity index (χ3v) is 7.07. The highest BCUT2D eigenvalue weighted by Gasteiger charge is 2.40. The molecule has 0 radical (unpaired) electrons. The van der Waals surface area contributed by atoms with E-state index in [4.69, 9.17) is 4.74 Å². The summed E-state index contributed by atoms with van der Waals surface area (Å²) in [6.07, 6.45) is 10.6. The number of ether oxygens (including phenoxy) is 1. The van der Waals surface area contributed by atoms with Crippen molar-refractivity contribution in [2.24, 2.45) is 0 Å². The highest BCUT2D eigenvalue weighted by Crippen LogP contribution is 2.36. The number of hydrogen-bond acceptors (Lipinski definition) is 4. The Bertz CT molecular complexity index is 400. The van der Waals surface area contributed by atoms with Gasteiger partial charge >= 0.3 is 0 Å². The van der Waals surface area contributed by atoms with E-state index in [9.17, 15) is 4.79 Å². The predicted octanol–water partition coefficient (Wildman–Crippen LogP) is 3.20. The maximum atomic E-state index is 12.7. The largest absolute Gasteiger partial charge is 0.365 e. The van der Waals surface area contributed by atoms with E-state index in [1.807, 2.05) is 0 Å². The highest BCUT2D eigenvalue weighted by molar-refractivity contribution is 7.99. The Morgan fingerprint density at radius 2 is 1.88 bits per heavy atom. The second-order valence-corrected chi connectivity index (χ2v) is 8.91. The summed E-state index contributed by atoms with van der Waals surface area (Å²) in [7, 11) is 0. The lowest BCUT2D eigenvalue weighted by Crippen LogP contribution is -2.57. The van der Waals surface area contributed by atoms with Gasteiger partial charge in [-0.3, -0.25) is 9.69 Å². The molecular weight excluding hydrogens is 320 g/mol. The van der Waals surface area contributed by atoms with E-state index in [0.717, 1.165) is 25.8 Å². The predicted molar refractivity (Wildman–Crippen MR) is 101 cm³/mol. The van der Waals surface area contributed by atoms with Gasteiger partial charge in [0.15, 0.2) is 0 Å². The van der Waals surface area contributed by atoms with E-state index in [2.05, 4.69) is 28.9 Å². The van der Waals surface area contributed by atoms with Gasteiger partial charge in [-0.25, -0.2) is 0 Å². The standard InChI is InChI=1S/C19H34N2O2S/c1-2-17(23-16-7-3-4-8-16)18(22)20-15-19(9-5-6-10-19)21-11-13-24-14-12-21/h16-17H,2-15H2,1H3,(H,20,22). The summed E-state index contributed by atoms with van der Waals surface area (Å²) in [4.78, 5) is 15.3. The monoisotopic (exact) mass is 354 g/mol. The zero-order chi connectivity index (χ0) is 16.8. The number of hydrogen-bond donors (Lipinski definition) is 1. The van der Waals surface area contributed by atoms with Crippen LogP contribution in [0.15, 0.2) is 0 Å². The summed E-state index contributed by atoms with van der Waals surface area (Å²) >= 11 is 2.06. The molecule has 2 aliphatic carbocycles. The van der Waals surface area contributed by atoms with Crippen LogP contribution >= 0.6 is 11.8 Å². The van der Waals surface area contributed by atoms with Gasteiger partial charge < -0.3 is 10.1 Å². The summed E-state index contributed by atoms with van der Waals surface area (Å²) in [6, 6.07) is 0. The first kappa shape index (κ1) is 18.5. The molecule has 4 nitrogen and oxygen atoms in total. The van der Waals surface area contributed by atoms with Crippen LogP contribution in [0.1, 0.15) is 64.7 Å². The lowest BCUT2D eigenvalue weighted by atomic mass is 9.94. The quantitative estimate of drug-likeness (QED) is 0.762. The summed E-state index contributed by atoms with van der Waals surface area (Å²) < 4.78 is 6.09. The molecule has 0 aromatic rings. The number of rotatable bonds is 7. The Labute approximate surface area is 151 Å². The van der Waals surface area contributed by atoms with Crippen molar-refractivity contribution in [2.45, 2.75) is 82.5 Å². The number of carbonyl (C=O) groups excluding carboxylic acids is 1. The number of thioether (sulfide) groups is 1. The minimum Gasteiger partial charge on any atom is -0.365 e. The molecule has 5 heteroatoms. The van der Waals surface area contributed by atoms with Crippen molar-refractivity contribution in [1.82, 2.24) is 10.2 Å². The maximum Gasteiger partial charge on any atom is 0.249 e. The molecule has 24 heavy (non-hydrogen) atoms. The minimum absolute atomic E-state index is 0.113. The Morgan fingerprint density at radius 1 is 1.21 bits per heavy atom. The van der Waals surface area contributed by atoms with Crippen molar-refractivity contribution in [3.05, 3.63) is 0 Å². The molecule has 0 bridgehead atoms. The summed E-state index contributed by atoms with van der Waals surface area (Å²) in [6.45, 7) is 5.22. The van der Waals surface area contributed by atoms with Gasteiger partial charge in [-0.05, 0) is 32.1 Å². The van der Waals surface area contributed by atoms with Crippen molar-refractivity contribution in [3.8, 4) is 0 Å². The fourth-order valence-corrected chi connectivity index (χ4v) is 5.54. The van der Waals surface area contributed by atoms with E-state index >= 15 is 0 Å². The third-order valence-electron chi connectivity index (χ3n) is 6.13. The molecular formula is C19H34N2O2S. The number of amides is 1. The van der Waals surface area contributed by atoms with Gasteiger partial charge in [-0.1, -0.05) is 32.6 Å². The molecule has 1 amide bonds. The molecule has 0 aromatic heterocycles. The van der Waals surface area contributed by atoms with Gasteiger partial charge in [0.1, 0.15) is 6.10 Å². The van der Waals surface area contributed by atoms with Gasteiger partial charge in [0.2, 0.25) is 5.91 Å². The Balaban J connectivity index is 1.53. The van der Waals surface area contributed by atoms with Crippen LogP contribution in [-0.4, -0.2) is 59.7 Å². The van der Waals surface area contributed by atoms with Crippen molar-refractivity contribution in [1.29, 1.82) is 0 Å². The zero-order valence-electron chi connectivity index (χ0n) is 15.2. The van der Waals surface area contributed by atoms with Gasteiger partial charge in [0.25, 0.3) is 0 Å². The first-order valence-electron chi connectivity index (χ1n) is 9.99. The van der Waals surface area contributed by atoms with Gasteiger partial charge in [0, 0.05) is 36.7 Å². The van der Waals surface area contributed by atoms with E-state index in [-0.39, 0.29) is 17.6 Å². The molecule has 2 saturated carbocycles. The molecule has 1 aliphatic heterocycles. The van der Waals surface area contributed by atoms with Crippen LogP contribution in [-0.2, 0) is 9.53 Å². The Morgan fingerprint density at radius 3 is 2.50 bits per heavy atom. The van der Waals surface area contributed by atoms with E-state index in [1.165, 1.54) is 63.1 Å². The van der Waals surface area contributed by atoms with E-state index in [1.54, 1.807) is 0 Å². The van der Waals surface area contributed by atoms with Crippen molar-refractivity contribution < 1.29 is 9.53 Å². The molecule has 1 atom stereocenters. The van der Waals surface area contributed by atoms with Crippen LogP contribution in [0.25, 0.3) is 0 Å². The molecule has 1 N–H and O–H groups in total. The summed E-state index contributed by atoms with van der Waals surface area (Å²) in [5, 5.41) is 3.28. The SMILES string of the molecule is CCC(OC1CCCC1)C(=O)NCC1(N2CCSCC2)CCCC1. The average molecular weight is 355 g/mol. The van der Waals surface area contributed by atoms with Gasteiger partial charge in [-0.2, -0.15) is 11.8 Å². The van der Waals surface area contributed by atoms with Crippen LogP contribution in [0.5, 0.6) is 0 Å². The maximum absolute atomic E-state index is 12.7. The van der Waals surface area contributed by atoms with E-state index < -0.39 is 0 Å². The molecule has 3 aliphatic rings. The molecule has 0 aromatic carbocycles. The van der Waals surface area contributed by atoms with Crippen molar-refractivity contribution >= 4 is 17.7 Å². The lowest BCUT2D eigenvalue weighted by molar-refractivity contribution is -0.137. The van der Waals surface area contributed by atoms with Crippen LogP contribution in [0.2, 0.25) is 0 Å². The Kier molecular flexibility index (Phi) is 6.88. The second kappa shape index (κ2) is 8.91. The zero-order valence-corrected chi connectivity index (χ0v) is 16.0. The highest BCUT2D eigenvalue weighted by atomic mass is 32.2. The smallest absolute Gasteiger partial charge is 0.249 e.